The Morgan fingerprint density at radius 3 is 2.44 bits per heavy atom. The molecule has 1 radical (unpaired) electrons. The molecule has 0 unspecified atom stereocenters. The summed E-state index contributed by atoms with van der Waals surface area (Å²) in [6.45, 7) is 0. The number of benzene rings is 1. The highest BCUT2D eigenvalue weighted by atomic mass is 32.2. The Labute approximate surface area is 90.5 Å². The Kier molecular flexibility index (Phi) is 3.01. The van der Waals surface area contributed by atoms with E-state index < -0.39 is 25.6 Å². The van der Waals surface area contributed by atoms with E-state index in [9.17, 15) is 18.5 Å². The van der Waals surface area contributed by atoms with Crippen molar-refractivity contribution in [1.82, 2.24) is 5.73 Å². The van der Waals surface area contributed by atoms with Crippen LogP contribution >= 0.6 is 0 Å². The molecular weight excluding hydrogens is 240 g/mol. The lowest BCUT2D eigenvalue weighted by Crippen LogP contribution is -2.04. The number of nitrogens with one attached hydrogen (secondary N) is 1. The largest absolute Gasteiger partial charge is 0.494 e. The van der Waals surface area contributed by atoms with Crippen molar-refractivity contribution in [3.8, 4) is 5.75 Å². The average molecular weight is 247 g/mol. The molecule has 2 N–H and O–H groups in total. The van der Waals surface area contributed by atoms with Gasteiger partial charge in [-0.25, -0.2) is 0 Å². The molecule has 0 aromatic heterocycles. The minimum atomic E-state index is -4.74. The van der Waals surface area contributed by atoms with Gasteiger partial charge in [-0.3, -0.25) is 20.4 Å². The molecule has 0 heterocycles. The highest BCUT2D eigenvalue weighted by Crippen LogP contribution is 2.34. The summed E-state index contributed by atoms with van der Waals surface area (Å²) in [6, 6.07) is 1.43. The summed E-state index contributed by atoms with van der Waals surface area (Å²) < 4.78 is 35.1. The second-order valence-corrected chi connectivity index (χ2v) is 4.14. The fourth-order valence-electron chi connectivity index (χ4n) is 1.07. The second kappa shape index (κ2) is 3.94. The molecule has 0 spiro atoms. The van der Waals surface area contributed by atoms with E-state index in [4.69, 9.17) is 10.3 Å². The zero-order valence-electron chi connectivity index (χ0n) is 8.00. The van der Waals surface area contributed by atoms with Gasteiger partial charge < -0.3 is 4.74 Å². The normalized spacial score (nSPS) is 11.1. The number of hydrogen-bond donors (Lipinski definition) is 1. The molecule has 16 heavy (non-hydrogen) atoms. The van der Waals surface area contributed by atoms with E-state index >= 15 is 0 Å². The Morgan fingerprint density at radius 2 is 2.06 bits per heavy atom. The molecule has 0 saturated heterocycles. The highest BCUT2D eigenvalue weighted by molar-refractivity contribution is 7.86. The molecule has 0 fully saturated rings. The van der Waals surface area contributed by atoms with Gasteiger partial charge in [0, 0.05) is 0 Å². The predicted molar refractivity (Wildman–Crippen MR) is 52.2 cm³/mol. The van der Waals surface area contributed by atoms with Crippen LogP contribution in [0.25, 0.3) is 0 Å². The van der Waals surface area contributed by atoms with Crippen molar-refractivity contribution in [2.45, 2.75) is 4.90 Å². The van der Waals surface area contributed by atoms with Gasteiger partial charge >= 0.3 is 10.1 Å². The van der Waals surface area contributed by atoms with Crippen molar-refractivity contribution in [2.75, 3.05) is 7.11 Å². The Balaban J connectivity index is 3.62. The number of hydrogen-bond acceptors (Lipinski definition) is 5. The first-order valence-corrected chi connectivity index (χ1v) is 5.27. The number of ether oxygens (including phenoxy) is 1. The summed E-state index contributed by atoms with van der Waals surface area (Å²) in [5.74, 6) is -0.154. The van der Waals surface area contributed by atoms with E-state index in [1.54, 1.807) is 0 Å². The van der Waals surface area contributed by atoms with E-state index in [2.05, 4.69) is 4.74 Å². The molecular formula is C7H7N2O6S. The number of nitro benzene ring substituents is 1. The molecule has 1 aromatic rings. The maximum absolute atomic E-state index is 10.8. The van der Waals surface area contributed by atoms with Crippen LogP contribution in [0, 0.1) is 10.1 Å². The topological polar surface area (TPSA) is 131 Å². The summed E-state index contributed by atoms with van der Waals surface area (Å²) in [6.07, 6.45) is 0. The van der Waals surface area contributed by atoms with Gasteiger partial charge in [0.05, 0.1) is 23.8 Å². The predicted octanol–water partition coefficient (Wildman–Crippen LogP) is 0.764. The molecule has 1 rings (SSSR count). The van der Waals surface area contributed by atoms with Gasteiger partial charge in [-0.05, 0) is 6.07 Å². The van der Waals surface area contributed by atoms with Crippen LogP contribution in [0.5, 0.6) is 5.75 Å². The van der Waals surface area contributed by atoms with Crippen LogP contribution in [0.1, 0.15) is 0 Å². The molecule has 0 bridgehead atoms. The van der Waals surface area contributed by atoms with Gasteiger partial charge in [-0.2, -0.15) is 8.42 Å². The van der Waals surface area contributed by atoms with E-state index in [1.807, 2.05) is 0 Å². The highest BCUT2D eigenvalue weighted by Gasteiger charge is 2.26. The molecule has 87 valence electrons. The van der Waals surface area contributed by atoms with Crippen molar-refractivity contribution in [3.05, 3.63) is 22.2 Å². The number of rotatable bonds is 3. The van der Waals surface area contributed by atoms with Gasteiger partial charge in [-0.1, -0.05) is 0 Å². The first-order chi connectivity index (χ1) is 7.27. The molecule has 0 atom stereocenters. The van der Waals surface area contributed by atoms with Crippen LogP contribution in [-0.4, -0.2) is 25.0 Å². The summed E-state index contributed by atoms with van der Waals surface area (Å²) >= 11 is 0. The summed E-state index contributed by atoms with van der Waals surface area (Å²) in [4.78, 5) is 8.65. The monoisotopic (exact) mass is 247 g/mol. The molecule has 0 aliphatic rings. The second-order valence-electron chi connectivity index (χ2n) is 2.75. The third kappa shape index (κ3) is 2.20. The minimum Gasteiger partial charge on any atom is -0.494 e. The lowest BCUT2D eigenvalue weighted by Gasteiger charge is -2.05. The van der Waals surface area contributed by atoms with Gasteiger partial charge in [0.15, 0.2) is 10.6 Å². The first-order valence-electron chi connectivity index (χ1n) is 3.83. The van der Waals surface area contributed by atoms with Crippen LogP contribution in [0.4, 0.5) is 11.4 Å². The maximum Gasteiger partial charge on any atom is 0.301 e. The number of nitro groups is 1. The zero-order valence-corrected chi connectivity index (χ0v) is 8.82. The quantitative estimate of drug-likeness (QED) is 0.476. The number of nitrogens with zero attached hydrogens (tertiary/aromatic N) is 1. The van der Waals surface area contributed by atoms with Crippen LogP contribution in [0.2, 0.25) is 0 Å². The zero-order chi connectivity index (χ0) is 12.5. The third-order valence-electron chi connectivity index (χ3n) is 1.76. The fraction of sp³-hybridized carbons (Fsp3) is 0.143. The Hall–Kier alpha value is -1.87. The summed E-state index contributed by atoms with van der Waals surface area (Å²) in [7, 11) is -3.56. The van der Waals surface area contributed by atoms with Crippen LogP contribution in [-0.2, 0) is 10.1 Å². The third-order valence-corrected chi connectivity index (χ3v) is 2.64. The fourth-order valence-corrected chi connectivity index (χ4v) is 1.73. The van der Waals surface area contributed by atoms with E-state index in [1.165, 1.54) is 7.11 Å². The van der Waals surface area contributed by atoms with Crippen molar-refractivity contribution < 1.29 is 22.6 Å². The Bertz CT molecular complexity index is 538. The van der Waals surface area contributed by atoms with Crippen LogP contribution < -0.4 is 10.5 Å². The lowest BCUT2D eigenvalue weighted by molar-refractivity contribution is -0.387. The van der Waals surface area contributed by atoms with Gasteiger partial charge in [0.2, 0.25) is 0 Å². The Morgan fingerprint density at radius 1 is 1.50 bits per heavy atom. The van der Waals surface area contributed by atoms with Crippen molar-refractivity contribution >= 4 is 21.5 Å². The van der Waals surface area contributed by atoms with E-state index in [0.717, 1.165) is 6.07 Å². The van der Waals surface area contributed by atoms with Gasteiger partial charge in [0.25, 0.3) is 5.69 Å². The molecule has 0 saturated carbocycles. The van der Waals surface area contributed by atoms with Crippen LogP contribution in [0.3, 0.4) is 0 Å². The lowest BCUT2D eigenvalue weighted by atomic mass is 10.2. The molecule has 0 amide bonds. The first kappa shape index (κ1) is 12.2. The molecule has 0 aliphatic carbocycles. The van der Waals surface area contributed by atoms with Gasteiger partial charge in [-0.15, -0.1) is 0 Å². The van der Waals surface area contributed by atoms with Crippen molar-refractivity contribution in [2.24, 2.45) is 0 Å². The summed E-state index contributed by atoms with van der Waals surface area (Å²) in [5, 5.41) is 10.6. The summed E-state index contributed by atoms with van der Waals surface area (Å²) in [5.41, 5.74) is 6.09. The smallest absolute Gasteiger partial charge is 0.301 e. The van der Waals surface area contributed by atoms with E-state index in [0.29, 0.717) is 6.07 Å². The average Bonchev–Trinajstić information content (AvgIpc) is 2.15. The molecule has 1 aromatic carbocycles. The van der Waals surface area contributed by atoms with E-state index in [-0.39, 0.29) is 11.4 Å². The maximum atomic E-state index is 10.8. The van der Waals surface area contributed by atoms with Crippen molar-refractivity contribution in [1.29, 1.82) is 0 Å². The standard InChI is InChI=1S/C7H7N2O6S/c1-15-6-3-5(9(10)11)7(2-4(6)8)16(12,13)14/h2-3,8H,1H3,(H,12,13,14). The SMILES string of the molecule is COc1cc([N+](=O)[O-])c(S(=O)(=O)O)cc1[NH]. The van der Waals surface area contributed by atoms with Crippen LogP contribution in [0.15, 0.2) is 17.0 Å². The minimum absolute atomic E-state index is 0.154. The van der Waals surface area contributed by atoms with Crippen molar-refractivity contribution in [3.63, 3.8) is 0 Å². The van der Waals surface area contributed by atoms with Gasteiger partial charge in [0.1, 0.15) is 0 Å². The molecule has 9 heteroatoms. The molecule has 8 nitrogen and oxygen atoms in total. The number of methoxy groups -OCH3 is 1. The molecule has 0 aliphatic heterocycles.